The van der Waals surface area contributed by atoms with E-state index in [0.717, 1.165) is 24.3 Å². The third kappa shape index (κ3) is 4.69. The molecule has 0 saturated heterocycles. The number of benzene rings is 2. The lowest BCUT2D eigenvalue weighted by atomic mass is 10.2. The normalized spacial score (nSPS) is 11.1. The zero-order valence-electron chi connectivity index (χ0n) is 15.4. The summed E-state index contributed by atoms with van der Waals surface area (Å²) in [5.74, 6) is -1.35. The van der Waals surface area contributed by atoms with Crippen LogP contribution in [0.2, 0.25) is 0 Å². The van der Waals surface area contributed by atoms with E-state index in [2.05, 4.69) is 15.5 Å². The minimum Gasteiger partial charge on any atom is -0.497 e. The molecule has 1 aromatic heterocycles. The summed E-state index contributed by atoms with van der Waals surface area (Å²) in [5, 5.41) is 9.75. The van der Waals surface area contributed by atoms with Gasteiger partial charge in [0.2, 0.25) is 5.91 Å². The van der Waals surface area contributed by atoms with Crippen molar-refractivity contribution in [2.45, 2.75) is 4.90 Å². The summed E-state index contributed by atoms with van der Waals surface area (Å²) in [5.41, 5.74) is 0.429. The van der Waals surface area contributed by atoms with Gasteiger partial charge >= 0.3 is 6.01 Å². The number of hydrogen-bond donors (Lipinski definition) is 1. The molecule has 0 saturated carbocycles. The fourth-order valence-electron chi connectivity index (χ4n) is 2.42. The highest BCUT2D eigenvalue weighted by atomic mass is 32.2. The van der Waals surface area contributed by atoms with E-state index in [1.807, 2.05) is 0 Å². The zero-order valence-corrected chi connectivity index (χ0v) is 16.2. The highest BCUT2D eigenvalue weighted by Gasteiger charge is 2.22. The van der Waals surface area contributed by atoms with E-state index in [1.165, 1.54) is 14.2 Å². The summed E-state index contributed by atoms with van der Waals surface area (Å²) in [6, 6.07) is 8.80. The number of carbonyl (C=O) groups is 1. The number of carbonyl (C=O) groups excluding carboxylic acids is 1. The van der Waals surface area contributed by atoms with Gasteiger partial charge in [-0.3, -0.25) is 10.1 Å². The van der Waals surface area contributed by atoms with E-state index in [1.54, 1.807) is 18.2 Å². The Labute approximate surface area is 165 Å². The van der Waals surface area contributed by atoms with Crippen LogP contribution in [-0.4, -0.2) is 44.5 Å². The Hall–Kier alpha value is -3.47. The predicted molar refractivity (Wildman–Crippen MR) is 99.9 cm³/mol. The molecule has 0 atom stereocenters. The molecule has 3 aromatic rings. The molecule has 1 heterocycles. The molecule has 0 aliphatic carbocycles. The largest absolute Gasteiger partial charge is 0.497 e. The van der Waals surface area contributed by atoms with Gasteiger partial charge in [-0.1, -0.05) is 5.10 Å². The number of methoxy groups -OCH3 is 2. The second kappa shape index (κ2) is 8.27. The number of hydrogen-bond acceptors (Lipinski definition) is 8. The molecular formula is C18H16FN3O6S. The molecule has 0 aliphatic heterocycles. The summed E-state index contributed by atoms with van der Waals surface area (Å²) in [6.45, 7) is 0. The van der Waals surface area contributed by atoms with E-state index < -0.39 is 27.3 Å². The Morgan fingerprint density at radius 3 is 2.48 bits per heavy atom. The van der Waals surface area contributed by atoms with E-state index in [-0.39, 0.29) is 16.8 Å². The van der Waals surface area contributed by atoms with E-state index in [4.69, 9.17) is 13.9 Å². The Bertz CT molecular complexity index is 1130. The molecule has 11 heteroatoms. The van der Waals surface area contributed by atoms with Crippen LogP contribution in [0.25, 0.3) is 11.5 Å². The smallest absolute Gasteiger partial charge is 0.322 e. The van der Waals surface area contributed by atoms with Crippen molar-refractivity contribution in [2.75, 3.05) is 25.3 Å². The first-order valence-electron chi connectivity index (χ1n) is 8.16. The fraction of sp³-hybridized carbons (Fsp3) is 0.167. The molecular weight excluding hydrogens is 405 g/mol. The first kappa shape index (κ1) is 20.3. The Balaban J connectivity index is 1.75. The van der Waals surface area contributed by atoms with Crippen LogP contribution >= 0.6 is 0 Å². The number of nitrogens with one attached hydrogen (secondary N) is 1. The van der Waals surface area contributed by atoms with Gasteiger partial charge in [-0.2, -0.15) is 0 Å². The van der Waals surface area contributed by atoms with E-state index in [9.17, 15) is 17.6 Å². The highest BCUT2D eigenvalue weighted by Crippen LogP contribution is 2.33. The van der Waals surface area contributed by atoms with Crippen LogP contribution in [0.15, 0.2) is 51.8 Å². The minimum atomic E-state index is -3.97. The topological polar surface area (TPSA) is 121 Å². The molecule has 0 radical (unpaired) electrons. The van der Waals surface area contributed by atoms with Gasteiger partial charge < -0.3 is 13.9 Å². The lowest BCUT2D eigenvalue weighted by Gasteiger charge is -2.07. The number of nitrogens with zero attached hydrogens (tertiary/aromatic N) is 2. The average Bonchev–Trinajstić information content (AvgIpc) is 3.15. The predicted octanol–water partition coefficient (Wildman–Crippen LogP) is 2.31. The van der Waals surface area contributed by atoms with Crippen molar-refractivity contribution in [3.63, 3.8) is 0 Å². The van der Waals surface area contributed by atoms with Gasteiger partial charge in [-0.15, -0.1) is 5.10 Å². The Kier molecular flexibility index (Phi) is 5.78. The fourth-order valence-corrected chi connectivity index (χ4v) is 3.55. The second-order valence-corrected chi connectivity index (χ2v) is 7.73. The molecule has 1 amide bonds. The SMILES string of the molecule is COc1ccc(OC)c(-c2nnc(NC(=O)CS(=O)(=O)c3ccc(F)cc3)o2)c1. The van der Waals surface area contributed by atoms with Crippen LogP contribution in [0.5, 0.6) is 11.5 Å². The number of anilines is 1. The van der Waals surface area contributed by atoms with Crippen LogP contribution in [0.4, 0.5) is 10.4 Å². The number of ether oxygens (including phenoxy) is 2. The monoisotopic (exact) mass is 421 g/mol. The lowest BCUT2D eigenvalue weighted by molar-refractivity contribution is -0.114. The molecule has 0 fully saturated rings. The standard InChI is InChI=1S/C18H16FN3O6S/c1-26-12-5-8-15(27-2)14(9-12)17-21-22-18(28-17)20-16(23)10-29(24,25)13-6-3-11(19)4-7-13/h3-9H,10H2,1-2H3,(H,20,22,23). The maximum Gasteiger partial charge on any atom is 0.322 e. The van der Waals surface area contributed by atoms with Gasteiger partial charge in [0.25, 0.3) is 5.89 Å². The van der Waals surface area contributed by atoms with Crippen molar-refractivity contribution in [1.29, 1.82) is 0 Å². The number of aromatic nitrogens is 2. The van der Waals surface area contributed by atoms with Crippen LogP contribution in [0.1, 0.15) is 0 Å². The zero-order chi connectivity index (χ0) is 21.0. The van der Waals surface area contributed by atoms with E-state index >= 15 is 0 Å². The maximum atomic E-state index is 13.0. The molecule has 0 aliphatic rings. The van der Waals surface area contributed by atoms with Gasteiger partial charge in [0.15, 0.2) is 9.84 Å². The molecule has 0 bridgehead atoms. The van der Waals surface area contributed by atoms with Crippen LogP contribution < -0.4 is 14.8 Å². The third-order valence-electron chi connectivity index (χ3n) is 3.80. The quantitative estimate of drug-likeness (QED) is 0.577. The number of amides is 1. The number of rotatable bonds is 7. The van der Waals surface area contributed by atoms with Gasteiger partial charge in [-0.05, 0) is 42.5 Å². The number of sulfone groups is 1. The van der Waals surface area contributed by atoms with Crippen molar-refractivity contribution < 1.29 is 31.5 Å². The molecule has 9 nitrogen and oxygen atoms in total. The second-order valence-electron chi connectivity index (χ2n) is 5.74. The first-order chi connectivity index (χ1) is 13.8. The summed E-state index contributed by atoms with van der Waals surface area (Å²) >= 11 is 0. The first-order valence-corrected chi connectivity index (χ1v) is 9.81. The molecule has 152 valence electrons. The molecule has 3 rings (SSSR count). The maximum absolute atomic E-state index is 13.0. The summed E-state index contributed by atoms with van der Waals surface area (Å²) in [7, 11) is -1.01. The molecule has 0 unspecified atom stereocenters. The van der Waals surface area contributed by atoms with Gasteiger partial charge in [0.05, 0.1) is 24.7 Å². The Morgan fingerprint density at radius 2 is 1.83 bits per heavy atom. The summed E-state index contributed by atoms with van der Waals surface area (Å²) < 4.78 is 53.2. The van der Waals surface area contributed by atoms with Gasteiger partial charge in [-0.25, -0.2) is 12.8 Å². The third-order valence-corrected chi connectivity index (χ3v) is 5.43. The van der Waals surface area contributed by atoms with Crippen LogP contribution in [-0.2, 0) is 14.6 Å². The average molecular weight is 421 g/mol. The van der Waals surface area contributed by atoms with Crippen molar-refractivity contribution in [2.24, 2.45) is 0 Å². The molecule has 29 heavy (non-hydrogen) atoms. The van der Waals surface area contributed by atoms with Crippen LogP contribution in [0, 0.1) is 5.82 Å². The Morgan fingerprint density at radius 1 is 1.10 bits per heavy atom. The molecule has 0 spiro atoms. The molecule has 1 N–H and O–H groups in total. The minimum absolute atomic E-state index is 0.0393. The van der Waals surface area contributed by atoms with Crippen molar-refractivity contribution in [3.05, 3.63) is 48.3 Å². The van der Waals surface area contributed by atoms with Gasteiger partial charge in [0.1, 0.15) is 23.1 Å². The number of halogens is 1. The molecule has 2 aromatic carbocycles. The van der Waals surface area contributed by atoms with Crippen molar-refractivity contribution in [3.8, 4) is 23.0 Å². The highest BCUT2D eigenvalue weighted by molar-refractivity contribution is 7.92. The summed E-state index contributed by atoms with van der Waals surface area (Å²) in [6.07, 6.45) is 0. The lowest BCUT2D eigenvalue weighted by Crippen LogP contribution is -2.23. The van der Waals surface area contributed by atoms with Crippen LogP contribution in [0.3, 0.4) is 0 Å². The van der Waals surface area contributed by atoms with Crippen molar-refractivity contribution in [1.82, 2.24) is 10.2 Å². The van der Waals surface area contributed by atoms with E-state index in [0.29, 0.717) is 17.1 Å². The summed E-state index contributed by atoms with van der Waals surface area (Å²) in [4.78, 5) is 11.9. The van der Waals surface area contributed by atoms with Crippen molar-refractivity contribution >= 4 is 21.8 Å². The van der Waals surface area contributed by atoms with Gasteiger partial charge in [0, 0.05) is 0 Å².